The second-order valence-electron chi connectivity index (χ2n) is 5.29. The molecule has 0 spiro atoms. The number of halogens is 3. The van der Waals surface area contributed by atoms with E-state index < -0.39 is 21.8 Å². The van der Waals surface area contributed by atoms with Crippen molar-refractivity contribution in [1.29, 1.82) is 0 Å². The van der Waals surface area contributed by atoms with E-state index in [9.17, 15) is 26.4 Å². The lowest BCUT2D eigenvalue weighted by molar-refractivity contribution is -0.137. The molecule has 0 aliphatic carbocycles. The van der Waals surface area contributed by atoms with E-state index in [1.54, 1.807) is 12.1 Å². The highest BCUT2D eigenvalue weighted by molar-refractivity contribution is 8.00. The van der Waals surface area contributed by atoms with Crippen molar-refractivity contribution < 1.29 is 26.4 Å². The van der Waals surface area contributed by atoms with Crippen LogP contribution < -0.4 is 4.31 Å². The highest BCUT2D eigenvalue weighted by Gasteiger charge is 2.33. The van der Waals surface area contributed by atoms with Gasteiger partial charge in [-0.2, -0.15) is 13.2 Å². The zero-order chi connectivity index (χ0) is 18.2. The molecule has 0 unspecified atom stereocenters. The number of carbonyl (C=O) groups excluding carboxylic acids is 1. The highest BCUT2D eigenvalue weighted by Crippen LogP contribution is 2.38. The van der Waals surface area contributed by atoms with E-state index in [1.165, 1.54) is 17.8 Å². The van der Waals surface area contributed by atoms with Crippen LogP contribution in [0.2, 0.25) is 0 Å². The maximum Gasteiger partial charge on any atom is 0.416 e. The van der Waals surface area contributed by atoms with Gasteiger partial charge in [-0.3, -0.25) is 9.10 Å². The van der Waals surface area contributed by atoms with Gasteiger partial charge in [0.05, 0.1) is 16.1 Å². The monoisotopic (exact) mass is 387 g/mol. The number of hydrogen-bond donors (Lipinski definition) is 0. The zero-order valence-corrected chi connectivity index (χ0v) is 14.3. The average Bonchev–Trinajstić information content (AvgIpc) is 2.60. The van der Waals surface area contributed by atoms with Gasteiger partial charge in [-0.1, -0.05) is 6.07 Å². The van der Waals surface area contributed by atoms with Gasteiger partial charge in [-0.05, 0) is 36.4 Å². The molecule has 0 saturated heterocycles. The van der Waals surface area contributed by atoms with Gasteiger partial charge >= 0.3 is 6.18 Å². The van der Waals surface area contributed by atoms with Crippen LogP contribution in [0.4, 0.5) is 18.9 Å². The molecule has 0 radical (unpaired) electrons. The van der Waals surface area contributed by atoms with Crippen LogP contribution in [0.3, 0.4) is 0 Å². The predicted octanol–water partition coefficient (Wildman–Crippen LogP) is 3.82. The van der Waals surface area contributed by atoms with Crippen LogP contribution in [0.1, 0.15) is 15.9 Å². The molecule has 0 amide bonds. The molecule has 0 fully saturated rings. The van der Waals surface area contributed by atoms with Crippen molar-refractivity contribution in [3.8, 4) is 0 Å². The molecule has 1 aliphatic rings. The van der Waals surface area contributed by atoms with Gasteiger partial charge in [-0.15, -0.1) is 11.8 Å². The Balaban J connectivity index is 2.03. The molecule has 25 heavy (non-hydrogen) atoms. The van der Waals surface area contributed by atoms with E-state index in [1.807, 2.05) is 0 Å². The van der Waals surface area contributed by atoms with E-state index in [0.717, 1.165) is 28.6 Å². The number of thioether (sulfide) groups is 1. The van der Waals surface area contributed by atoms with Gasteiger partial charge in [0.25, 0.3) is 10.0 Å². The van der Waals surface area contributed by atoms with Gasteiger partial charge in [0.15, 0.2) is 0 Å². The topological polar surface area (TPSA) is 54.5 Å². The van der Waals surface area contributed by atoms with Crippen molar-refractivity contribution in [1.82, 2.24) is 0 Å². The van der Waals surface area contributed by atoms with Crippen LogP contribution in [-0.2, 0) is 16.2 Å². The first-order valence-corrected chi connectivity index (χ1v) is 9.58. The predicted molar refractivity (Wildman–Crippen MR) is 88.5 cm³/mol. The second kappa shape index (κ2) is 6.38. The minimum Gasteiger partial charge on any atom is -0.298 e. The molecular formula is C16H12F3NO3S2. The quantitative estimate of drug-likeness (QED) is 0.752. The van der Waals surface area contributed by atoms with E-state index in [-0.39, 0.29) is 11.4 Å². The highest BCUT2D eigenvalue weighted by atomic mass is 32.2. The summed E-state index contributed by atoms with van der Waals surface area (Å²) in [5.41, 5.74) is -0.223. The molecule has 2 aromatic carbocycles. The van der Waals surface area contributed by atoms with E-state index in [4.69, 9.17) is 0 Å². The summed E-state index contributed by atoms with van der Waals surface area (Å²) < 4.78 is 64.8. The Morgan fingerprint density at radius 2 is 1.76 bits per heavy atom. The first kappa shape index (κ1) is 17.8. The fourth-order valence-electron chi connectivity index (χ4n) is 2.48. The van der Waals surface area contributed by atoms with Crippen molar-refractivity contribution in [3.05, 3.63) is 53.6 Å². The molecular weight excluding hydrogens is 375 g/mol. The Labute approximate surface area is 146 Å². The Hall–Kier alpha value is -2.00. The fraction of sp³-hybridized carbons (Fsp3) is 0.188. The van der Waals surface area contributed by atoms with Crippen molar-refractivity contribution in [2.24, 2.45) is 0 Å². The third-order valence-corrected chi connectivity index (χ3v) is 6.58. The van der Waals surface area contributed by atoms with Crippen molar-refractivity contribution >= 4 is 33.8 Å². The second-order valence-corrected chi connectivity index (χ2v) is 8.29. The van der Waals surface area contributed by atoms with Crippen LogP contribution in [0.15, 0.2) is 52.3 Å². The number of sulfonamides is 1. The van der Waals surface area contributed by atoms with E-state index in [2.05, 4.69) is 0 Å². The molecule has 3 rings (SSSR count). The molecule has 0 bridgehead atoms. The van der Waals surface area contributed by atoms with Crippen LogP contribution in [0, 0.1) is 0 Å². The summed E-state index contributed by atoms with van der Waals surface area (Å²) in [5, 5.41) is 0. The molecule has 1 aliphatic heterocycles. The summed E-state index contributed by atoms with van der Waals surface area (Å²) in [6, 6.07) is 8.11. The van der Waals surface area contributed by atoms with Crippen LogP contribution in [-0.4, -0.2) is 27.0 Å². The Bertz CT molecular complexity index is 909. The minimum absolute atomic E-state index is 0.170. The van der Waals surface area contributed by atoms with E-state index >= 15 is 0 Å². The lowest BCUT2D eigenvalue weighted by Gasteiger charge is -2.30. The molecule has 0 atom stereocenters. The fourth-order valence-corrected chi connectivity index (χ4v) is 5.10. The summed E-state index contributed by atoms with van der Waals surface area (Å²) in [6.45, 7) is 0.170. The number of hydrogen-bond acceptors (Lipinski definition) is 4. The average molecular weight is 387 g/mol. The normalized spacial score (nSPS) is 14.9. The number of anilines is 1. The number of benzene rings is 2. The number of aldehydes is 1. The van der Waals surface area contributed by atoms with Crippen molar-refractivity contribution in [3.63, 3.8) is 0 Å². The summed E-state index contributed by atoms with van der Waals surface area (Å²) >= 11 is 1.46. The van der Waals surface area contributed by atoms with Crippen LogP contribution >= 0.6 is 11.8 Å². The number of fused-ring (bicyclic) bond motifs is 1. The molecule has 1 heterocycles. The van der Waals surface area contributed by atoms with Gasteiger partial charge in [-0.25, -0.2) is 8.42 Å². The maximum absolute atomic E-state index is 12.9. The van der Waals surface area contributed by atoms with Crippen LogP contribution in [0.25, 0.3) is 0 Å². The number of rotatable bonds is 3. The SMILES string of the molecule is O=Cc1ccc2c(c1)N(S(=O)(=O)c1ccc(C(F)(F)F)cc1)CCS2. The number of alkyl halides is 3. The number of nitrogens with zero attached hydrogens (tertiary/aromatic N) is 1. The third kappa shape index (κ3) is 3.38. The summed E-state index contributed by atoms with van der Waals surface area (Å²) in [6.07, 6.45) is -3.92. The van der Waals surface area contributed by atoms with Gasteiger partial charge in [0, 0.05) is 22.8 Å². The first-order chi connectivity index (χ1) is 11.7. The molecule has 132 valence electrons. The third-order valence-electron chi connectivity index (χ3n) is 3.71. The van der Waals surface area contributed by atoms with Crippen molar-refractivity contribution in [2.75, 3.05) is 16.6 Å². The summed E-state index contributed by atoms with van der Waals surface area (Å²) in [7, 11) is -4.03. The minimum atomic E-state index is -4.53. The number of carbonyl (C=O) groups is 1. The molecule has 0 saturated carbocycles. The molecule has 4 nitrogen and oxygen atoms in total. The smallest absolute Gasteiger partial charge is 0.298 e. The largest absolute Gasteiger partial charge is 0.416 e. The lowest BCUT2D eigenvalue weighted by atomic mass is 10.2. The van der Waals surface area contributed by atoms with Crippen molar-refractivity contribution in [2.45, 2.75) is 16.0 Å². The van der Waals surface area contributed by atoms with Gasteiger partial charge in [0.2, 0.25) is 0 Å². The Kier molecular flexibility index (Phi) is 4.54. The standard InChI is InChI=1S/C16H12F3NO3S2/c17-16(18,19)12-2-4-13(5-3-12)25(22,23)20-7-8-24-15-6-1-11(10-21)9-14(15)20/h1-6,9-10H,7-8H2. The molecule has 2 aromatic rings. The molecule has 9 heteroatoms. The molecule has 0 N–H and O–H groups in total. The maximum atomic E-state index is 12.9. The van der Waals surface area contributed by atoms with Gasteiger partial charge < -0.3 is 0 Å². The Morgan fingerprint density at radius 1 is 1.08 bits per heavy atom. The van der Waals surface area contributed by atoms with Gasteiger partial charge in [0.1, 0.15) is 6.29 Å². The Morgan fingerprint density at radius 3 is 2.36 bits per heavy atom. The molecule has 0 aromatic heterocycles. The van der Waals surface area contributed by atoms with E-state index in [0.29, 0.717) is 28.2 Å². The first-order valence-electron chi connectivity index (χ1n) is 7.15. The lowest BCUT2D eigenvalue weighted by Crippen LogP contribution is -2.35. The summed E-state index contributed by atoms with van der Waals surface area (Å²) in [5.74, 6) is 0.507. The van der Waals surface area contributed by atoms with Crippen LogP contribution in [0.5, 0.6) is 0 Å². The zero-order valence-electron chi connectivity index (χ0n) is 12.7. The summed E-state index contributed by atoms with van der Waals surface area (Å²) in [4.78, 5) is 11.4.